The zero-order valence-electron chi connectivity index (χ0n) is 29.0. The Morgan fingerprint density at radius 2 is 1.66 bits per heavy atom. The Balaban J connectivity index is 1.17. The van der Waals surface area contributed by atoms with Gasteiger partial charge in [-0.25, -0.2) is 14.3 Å². The van der Waals surface area contributed by atoms with E-state index in [1.807, 2.05) is 60.5 Å². The van der Waals surface area contributed by atoms with E-state index in [2.05, 4.69) is 25.9 Å². The quantitative estimate of drug-likeness (QED) is 0.0406. The van der Waals surface area contributed by atoms with Gasteiger partial charge in [0.25, 0.3) is 5.69 Å². The Morgan fingerprint density at radius 3 is 2.38 bits per heavy atom. The summed E-state index contributed by atoms with van der Waals surface area (Å²) in [5.74, 6) is 0.222. The molecule has 274 valence electrons. The molecule has 5 rings (SSSR count). The number of primary amides is 1. The first-order valence-corrected chi connectivity index (χ1v) is 16.8. The molecule has 0 atom stereocenters. The molecule has 0 aliphatic heterocycles. The molecule has 16 nitrogen and oxygen atoms in total. The van der Waals surface area contributed by atoms with Crippen molar-refractivity contribution >= 4 is 40.6 Å². The number of nitrogens with two attached hydrogens (primary N) is 1. The molecule has 53 heavy (non-hydrogen) atoms. The van der Waals surface area contributed by atoms with Crippen molar-refractivity contribution in [3.05, 3.63) is 130 Å². The van der Waals surface area contributed by atoms with Crippen molar-refractivity contribution < 1.29 is 28.7 Å². The lowest BCUT2D eigenvalue weighted by Gasteiger charge is -2.24. The molecule has 16 heteroatoms. The Labute approximate surface area is 305 Å². The highest BCUT2D eigenvalue weighted by atomic mass is 16.6. The predicted octanol–water partition coefficient (Wildman–Crippen LogP) is 7.12. The average Bonchev–Trinajstić information content (AvgIpc) is 3.60. The first kappa shape index (κ1) is 37.4. The lowest BCUT2D eigenvalue weighted by Crippen LogP contribution is -2.33. The molecular formula is C37H39N9O7. The lowest BCUT2D eigenvalue weighted by molar-refractivity contribution is -0.384. The van der Waals surface area contributed by atoms with Crippen LogP contribution in [-0.4, -0.2) is 65.0 Å². The lowest BCUT2D eigenvalue weighted by atomic mass is 10.2. The highest BCUT2D eigenvalue weighted by Crippen LogP contribution is 2.33. The van der Waals surface area contributed by atoms with E-state index in [1.165, 1.54) is 18.2 Å². The second-order valence-electron chi connectivity index (χ2n) is 11.8. The van der Waals surface area contributed by atoms with Crippen LogP contribution >= 0.6 is 0 Å². The van der Waals surface area contributed by atoms with Crippen LogP contribution in [0.1, 0.15) is 23.2 Å². The van der Waals surface area contributed by atoms with Gasteiger partial charge in [-0.3, -0.25) is 15.4 Å². The largest absolute Gasteiger partial charge is 0.491 e. The third-order valence-corrected chi connectivity index (χ3v) is 7.75. The molecule has 0 saturated heterocycles. The first-order chi connectivity index (χ1) is 25.7. The second-order valence-corrected chi connectivity index (χ2v) is 11.8. The Morgan fingerprint density at radius 1 is 0.925 bits per heavy atom. The minimum absolute atomic E-state index is 0.0175. The zero-order valence-corrected chi connectivity index (χ0v) is 29.0. The molecule has 0 radical (unpaired) electrons. The molecule has 5 aromatic rings. The van der Waals surface area contributed by atoms with Crippen molar-refractivity contribution in [1.29, 1.82) is 0 Å². The van der Waals surface area contributed by atoms with E-state index in [9.17, 15) is 19.7 Å². The van der Waals surface area contributed by atoms with E-state index in [0.29, 0.717) is 43.0 Å². The van der Waals surface area contributed by atoms with Gasteiger partial charge in [0.15, 0.2) is 5.75 Å². The number of ether oxygens (including phenoxy) is 3. The van der Waals surface area contributed by atoms with Gasteiger partial charge in [0.1, 0.15) is 18.9 Å². The van der Waals surface area contributed by atoms with Gasteiger partial charge in [-0.15, -0.1) is 10.2 Å². The van der Waals surface area contributed by atoms with Crippen molar-refractivity contribution in [3.8, 4) is 5.75 Å². The van der Waals surface area contributed by atoms with Gasteiger partial charge in [-0.1, -0.05) is 53.2 Å². The van der Waals surface area contributed by atoms with Crippen LogP contribution in [0.2, 0.25) is 0 Å². The summed E-state index contributed by atoms with van der Waals surface area (Å²) in [6.07, 6.45) is 1.59. The fourth-order valence-corrected chi connectivity index (χ4v) is 5.06. The third-order valence-electron chi connectivity index (χ3n) is 7.75. The summed E-state index contributed by atoms with van der Waals surface area (Å²) >= 11 is 0. The van der Waals surface area contributed by atoms with Crippen molar-refractivity contribution in [1.82, 2.24) is 15.0 Å². The van der Waals surface area contributed by atoms with E-state index in [-0.39, 0.29) is 37.8 Å². The molecule has 0 aliphatic rings. The zero-order chi connectivity index (χ0) is 37.4. The van der Waals surface area contributed by atoms with Crippen LogP contribution in [0, 0.1) is 17.0 Å². The number of hydrogen-bond donors (Lipinski definition) is 2. The van der Waals surface area contributed by atoms with Crippen LogP contribution in [0.4, 0.5) is 38.0 Å². The predicted molar refractivity (Wildman–Crippen MR) is 197 cm³/mol. The molecule has 0 unspecified atom stereocenters. The maximum absolute atomic E-state index is 12.3. The maximum atomic E-state index is 12.3. The molecule has 1 heterocycles. The number of anilines is 2. The van der Waals surface area contributed by atoms with Crippen LogP contribution < -0.4 is 20.7 Å². The van der Waals surface area contributed by atoms with Crippen LogP contribution in [0.3, 0.4) is 0 Å². The number of aromatic nitrogens is 3. The SMILES string of the molecule is Cc1ccc(NC(=O)OCCN(CCOC(N)=O)c2ccc(N=Nc3ccc([N+](=O)[O-])cc3OCCCc3cn(Cc4ccccc4)nn3)cc2)cc1. The summed E-state index contributed by atoms with van der Waals surface area (Å²) in [5.41, 5.74) is 10.1. The second kappa shape index (κ2) is 19.0. The number of non-ortho nitro benzene ring substituents is 1. The van der Waals surface area contributed by atoms with Crippen LogP contribution in [0.15, 0.2) is 113 Å². The normalized spacial score (nSPS) is 10.9. The molecule has 2 amide bonds. The third kappa shape index (κ3) is 12.2. The minimum atomic E-state index is -0.896. The van der Waals surface area contributed by atoms with Gasteiger partial charge in [0.05, 0.1) is 48.6 Å². The van der Waals surface area contributed by atoms with Gasteiger partial charge in [-0.05, 0) is 67.8 Å². The number of azo groups is 1. The highest BCUT2D eigenvalue weighted by molar-refractivity contribution is 5.84. The summed E-state index contributed by atoms with van der Waals surface area (Å²) in [6, 6.07) is 28.4. The molecule has 0 saturated carbocycles. The molecule has 0 bridgehead atoms. The summed E-state index contributed by atoms with van der Waals surface area (Å²) < 4.78 is 18.0. The summed E-state index contributed by atoms with van der Waals surface area (Å²) in [5, 5.41) is 31.2. The number of nitro groups is 1. The van der Waals surface area contributed by atoms with Crippen molar-refractivity contribution in [2.75, 3.05) is 43.1 Å². The molecule has 1 aromatic heterocycles. The number of hydrogen-bond acceptors (Lipinski definition) is 12. The van der Waals surface area contributed by atoms with Gasteiger partial charge >= 0.3 is 12.2 Å². The van der Waals surface area contributed by atoms with E-state index in [4.69, 9.17) is 19.9 Å². The topological polar surface area (TPSA) is 202 Å². The van der Waals surface area contributed by atoms with Gasteiger partial charge in [0.2, 0.25) is 0 Å². The Kier molecular flexibility index (Phi) is 13.4. The molecule has 3 N–H and O–H groups in total. The fourth-order valence-electron chi connectivity index (χ4n) is 5.06. The highest BCUT2D eigenvalue weighted by Gasteiger charge is 2.14. The molecule has 0 fully saturated rings. The number of carbonyl (C=O) groups is 2. The Hall–Kier alpha value is -6.84. The van der Waals surface area contributed by atoms with Crippen molar-refractivity contribution in [3.63, 3.8) is 0 Å². The standard InChI is InChI=1S/C37H39N9O7/c1-27-9-11-29(12-10-27)39-37(48)53-23-20-44(19-22-52-36(38)47)32-15-13-30(14-16-32)40-42-34-18-17-33(46(49)50)24-35(34)51-21-5-8-31-26-45(43-41-31)25-28-6-3-2-4-7-28/h2-4,6-7,9-18,24,26H,5,8,19-23,25H2,1H3,(H2,38,47)(H,39,48). The summed E-state index contributed by atoms with van der Waals surface area (Å²) in [4.78, 5) is 36.3. The van der Waals surface area contributed by atoms with E-state index >= 15 is 0 Å². The maximum Gasteiger partial charge on any atom is 0.411 e. The molecular weight excluding hydrogens is 682 g/mol. The summed E-state index contributed by atoms with van der Waals surface area (Å²) in [6.45, 7) is 3.46. The smallest absolute Gasteiger partial charge is 0.411 e. The van der Waals surface area contributed by atoms with Gasteiger partial charge in [0, 0.05) is 23.6 Å². The number of nitro benzene ring substituents is 1. The van der Waals surface area contributed by atoms with Gasteiger partial charge < -0.3 is 24.8 Å². The number of nitrogens with one attached hydrogen (secondary N) is 1. The minimum Gasteiger partial charge on any atom is -0.491 e. The first-order valence-electron chi connectivity index (χ1n) is 16.8. The van der Waals surface area contributed by atoms with Crippen molar-refractivity contribution in [2.24, 2.45) is 16.0 Å². The van der Waals surface area contributed by atoms with E-state index < -0.39 is 17.1 Å². The molecule has 0 aliphatic carbocycles. The fraction of sp³-hybridized carbons (Fsp3) is 0.243. The van der Waals surface area contributed by atoms with E-state index in [0.717, 1.165) is 22.5 Å². The van der Waals surface area contributed by atoms with Crippen LogP contribution in [0.5, 0.6) is 5.75 Å². The van der Waals surface area contributed by atoms with Crippen molar-refractivity contribution in [2.45, 2.75) is 26.3 Å². The van der Waals surface area contributed by atoms with Gasteiger partial charge in [-0.2, -0.15) is 5.11 Å². The average molecular weight is 722 g/mol. The summed E-state index contributed by atoms with van der Waals surface area (Å²) in [7, 11) is 0. The number of benzene rings is 4. The Bertz CT molecular complexity index is 1990. The van der Waals surface area contributed by atoms with Crippen LogP contribution in [0.25, 0.3) is 0 Å². The number of rotatable bonds is 18. The number of aryl methyl sites for hydroxylation is 2. The number of nitrogens with zero attached hydrogens (tertiary/aromatic N) is 7. The number of carbonyl (C=O) groups excluding carboxylic acids is 2. The van der Waals surface area contributed by atoms with Crippen LogP contribution in [-0.2, 0) is 22.4 Å². The van der Waals surface area contributed by atoms with E-state index in [1.54, 1.807) is 41.1 Å². The monoisotopic (exact) mass is 721 g/mol. The number of amides is 2. The molecule has 4 aromatic carbocycles. The molecule has 0 spiro atoms.